The van der Waals surface area contributed by atoms with Crippen molar-refractivity contribution < 1.29 is 9.66 Å². The molecule has 5 nitrogen and oxygen atoms in total. The summed E-state index contributed by atoms with van der Waals surface area (Å²) in [7, 11) is 1.50. The quantitative estimate of drug-likeness (QED) is 0.575. The van der Waals surface area contributed by atoms with E-state index in [2.05, 4.69) is 6.07 Å². The summed E-state index contributed by atoms with van der Waals surface area (Å²) in [5.74, 6) is 0.544. The molecule has 0 N–H and O–H groups in total. The Labute approximate surface area is 92.4 Å². The van der Waals surface area contributed by atoms with Gasteiger partial charge in [-0.3, -0.25) is 10.1 Å². The number of hydrogen-bond acceptors (Lipinski definition) is 4. The fourth-order valence-electron chi connectivity index (χ4n) is 1.75. The first-order valence-corrected chi connectivity index (χ1v) is 4.87. The van der Waals surface area contributed by atoms with Crippen LogP contribution in [0.2, 0.25) is 0 Å². The van der Waals surface area contributed by atoms with Gasteiger partial charge in [0, 0.05) is 6.07 Å². The van der Waals surface area contributed by atoms with Gasteiger partial charge < -0.3 is 4.74 Å². The zero-order valence-corrected chi connectivity index (χ0v) is 8.77. The van der Waals surface area contributed by atoms with Crippen LogP contribution in [0, 0.1) is 21.4 Å². The van der Waals surface area contributed by atoms with Crippen LogP contribution in [-0.2, 0) is 5.41 Å². The van der Waals surface area contributed by atoms with E-state index in [1.165, 1.54) is 19.2 Å². The van der Waals surface area contributed by atoms with E-state index < -0.39 is 10.3 Å². The molecule has 0 aliphatic heterocycles. The molecule has 0 saturated heterocycles. The maximum atomic E-state index is 10.9. The monoisotopic (exact) mass is 218 g/mol. The van der Waals surface area contributed by atoms with Crippen LogP contribution < -0.4 is 4.74 Å². The molecule has 0 aromatic heterocycles. The maximum absolute atomic E-state index is 10.9. The number of nitro groups is 1. The predicted octanol–water partition coefficient (Wildman–Crippen LogP) is 2.16. The molecule has 1 aliphatic rings. The van der Waals surface area contributed by atoms with Gasteiger partial charge in [0.2, 0.25) is 0 Å². The van der Waals surface area contributed by atoms with Gasteiger partial charge in [-0.05, 0) is 25.0 Å². The van der Waals surface area contributed by atoms with E-state index in [4.69, 9.17) is 10.00 Å². The smallest absolute Gasteiger partial charge is 0.274 e. The predicted molar refractivity (Wildman–Crippen MR) is 56.2 cm³/mol. The molecule has 1 aromatic rings. The van der Waals surface area contributed by atoms with Crippen molar-refractivity contribution in [2.45, 2.75) is 18.3 Å². The summed E-state index contributed by atoms with van der Waals surface area (Å²) in [5, 5.41) is 19.9. The lowest BCUT2D eigenvalue weighted by molar-refractivity contribution is -0.385. The van der Waals surface area contributed by atoms with E-state index in [0.29, 0.717) is 24.2 Å². The normalized spacial score (nSPS) is 16.2. The molecular weight excluding hydrogens is 208 g/mol. The molecule has 16 heavy (non-hydrogen) atoms. The van der Waals surface area contributed by atoms with Gasteiger partial charge in [-0.25, -0.2) is 0 Å². The third-order valence-electron chi connectivity index (χ3n) is 2.88. The Morgan fingerprint density at radius 2 is 2.25 bits per heavy atom. The number of nitro benzene ring substituents is 1. The fourth-order valence-corrected chi connectivity index (χ4v) is 1.75. The summed E-state index contributed by atoms with van der Waals surface area (Å²) in [6.07, 6.45) is 1.36. The lowest BCUT2D eigenvalue weighted by Crippen LogP contribution is -2.07. The number of nitriles is 1. The van der Waals surface area contributed by atoms with Crippen LogP contribution in [0.25, 0.3) is 0 Å². The molecule has 1 aromatic carbocycles. The Balaban J connectivity index is 2.56. The van der Waals surface area contributed by atoms with E-state index in [0.717, 1.165) is 0 Å². The van der Waals surface area contributed by atoms with Gasteiger partial charge in [0.15, 0.2) is 0 Å². The van der Waals surface area contributed by atoms with Crippen molar-refractivity contribution in [1.29, 1.82) is 5.26 Å². The lowest BCUT2D eigenvalue weighted by atomic mass is 9.95. The molecule has 0 atom stereocenters. The minimum atomic E-state index is -0.670. The summed E-state index contributed by atoms with van der Waals surface area (Å²) in [6, 6.07) is 6.68. The molecule has 2 rings (SSSR count). The summed E-state index contributed by atoms with van der Waals surface area (Å²) >= 11 is 0. The highest BCUT2D eigenvalue weighted by molar-refractivity contribution is 5.55. The molecule has 0 unspecified atom stereocenters. The number of rotatable bonds is 3. The van der Waals surface area contributed by atoms with Crippen molar-refractivity contribution in [3.8, 4) is 11.8 Å². The summed E-state index contributed by atoms with van der Waals surface area (Å²) in [4.78, 5) is 10.4. The topological polar surface area (TPSA) is 76.2 Å². The van der Waals surface area contributed by atoms with Gasteiger partial charge in [0.1, 0.15) is 5.75 Å². The highest BCUT2D eigenvalue weighted by Gasteiger charge is 2.49. The summed E-state index contributed by atoms with van der Waals surface area (Å²) in [6.45, 7) is 0. The third-order valence-corrected chi connectivity index (χ3v) is 2.88. The van der Waals surface area contributed by atoms with Crippen LogP contribution in [-0.4, -0.2) is 12.0 Å². The molecule has 1 saturated carbocycles. The Morgan fingerprint density at radius 3 is 2.69 bits per heavy atom. The second kappa shape index (κ2) is 3.49. The first-order chi connectivity index (χ1) is 7.63. The van der Waals surface area contributed by atoms with Crippen LogP contribution in [0.4, 0.5) is 5.69 Å². The first kappa shape index (κ1) is 10.4. The average Bonchev–Trinajstić information content (AvgIpc) is 3.09. The molecule has 5 heteroatoms. The number of ether oxygens (including phenoxy) is 1. The zero-order chi connectivity index (χ0) is 11.8. The van der Waals surface area contributed by atoms with Crippen LogP contribution in [0.3, 0.4) is 0 Å². The molecule has 82 valence electrons. The number of methoxy groups -OCH3 is 1. The van der Waals surface area contributed by atoms with Crippen LogP contribution >= 0.6 is 0 Å². The Kier molecular flexibility index (Phi) is 2.27. The van der Waals surface area contributed by atoms with Gasteiger partial charge in [-0.2, -0.15) is 5.26 Å². The number of benzene rings is 1. The highest BCUT2D eigenvalue weighted by atomic mass is 16.6. The van der Waals surface area contributed by atoms with E-state index in [1.807, 2.05) is 0 Å². The molecule has 0 spiro atoms. The van der Waals surface area contributed by atoms with Crippen LogP contribution in [0.15, 0.2) is 18.2 Å². The average molecular weight is 218 g/mol. The van der Waals surface area contributed by atoms with Crippen LogP contribution in [0.1, 0.15) is 18.4 Å². The number of hydrogen-bond donors (Lipinski definition) is 0. The van der Waals surface area contributed by atoms with Gasteiger partial charge in [0.25, 0.3) is 5.69 Å². The van der Waals surface area contributed by atoms with E-state index >= 15 is 0 Å². The largest absolute Gasteiger partial charge is 0.497 e. The molecule has 0 radical (unpaired) electrons. The molecule has 0 heterocycles. The van der Waals surface area contributed by atoms with Gasteiger partial charge in [-0.15, -0.1) is 0 Å². The van der Waals surface area contributed by atoms with Gasteiger partial charge in [-0.1, -0.05) is 0 Å². The Hall–Kier alpha value is -2.09. The van der Waals surface area contributed by atoms with Gasteiger partial charge in [0.05, 0.1) is 29.1 Å². The summed E-state index contributed by atoms with van der Waals surface area (Å²) in [5.41, 5.74) is -0.198. The maximum Gasteiger partial charge on any atom is 0.274 e. The van der Waals surface area contributed by atoms with Crippen molar-refractivity contribution >= 4 is 5.69 Å². The van der Waals surface area contributed by atoms with E-state index in [9.17, 15) is 10.1 Å². The second-order valence-corrected chi connectivity index (χ2v) is 3.83. The fraction of sp³-hybridized carbons (Fsp3) is 0.364. The minimum Gasteiger partial charge on any atom is -0.497 e. The van der Waals surface area contributed by atoms with Crippen LogP contribution in [0.5, 0.6) is 5.75 Å². The van der Waals surface area contributed by atoms with Gasteiger partial charge >= 0.3 is 0 Å². The molecule has 1 fully saturated rings. The van der Waals surface area contributed by atoms with E-state index in [-0.39, 0.29) is 5.69 Å². The van der Waals surface area contributed by atoms with Crippen molar-refractivity contribution in [3.63, 3.8) is 0 Å². The molecule has 1 aliphatic carbocycles. The third kappa shape index (κ3) is 1.48. The number of nitrogens with zero attached hydrogens (tertiary/aromatic N) is 2. The standard InChI is InChI=1S/C11H10N2O3/c1-16-8-2-3-10(13(14)15)9(6-8)11(7-12)4-5-11/h2-3,6H,4-5H2,1H3. The summed E-state index contributed by atoms with van der Waals surface area (Å²) < 4.78 is 5.03. The minimum absolute atomic E-state index is 0.000139. The van der Waals surface area contributed by atoms with Crippen molar-refractivity contribution in [1.82, 2.24) is 0 Å². The Morgan fingerprint density at radius 1 is 1.56 bits per heavy atom. The highest BCUT2D eigenvalue weighted by Crippen LogP contribution is 2.51. The molecule has 0 bridgehead atoms. The van der Waals surface area contributed by atoms with Crippen molar-refractivity contribution in [3.05, 3.63) is 33.9 Å². The second-order valence-electron chi connectivity index (χ2n) is 3.83. The van der Waals surface area contributed by atoms with E-state index in [1.54, 1.807) is 6.07 Å². The Bertz CT molecular complexity index is 486. The molecular formula is C11H10N2O3. The lowest BCUT2D eigenvalue weighted by Gasteiger charge is -2.08. The van der Waals surface area contributed by atoms with Crippen molar-refractivity contribution in [2.24, 2.45) is 0 Å². The zero-order valence-electron chi connectivity index (χ0n) is 8.77. The first-order valence-electron chi connectivity index (χ1n) is 4.87. The van der Waals surface area contributed by atoms with Crippen molar-refractivity contribution in [2.75, 3.05) is 7.11 Å². The SMILES string of the molecule is COc1ccc([N+](=O)[O-])c(C2(C#N)CC2)c1. The molecule has 0 amide bonds.